The van der Waals surface area contributed by atoms with Gasteiger partial charge in [0.05, 0.1) is 30.5 Å². The van der Waals surface area contributed by atoms with Crippen LogP contribution in [0, 0.1) is 0 Å². The molecule has 9 heteroatoms. The molecule has 2 amide bonds. The zero-order valence-corrected chi connectivity index (χ0v) is 26.3. The van der Waals surface area contributed by atoms with Gasteiger partial charge in [0.25, 0.3) is 11.8 Å². The number of nitrogens with one attached hydrogen (secondary N) is 2. The fourth-order valence-corrected chi connectivity index (χ4v) is 5.91. The maximum Gasteiger partial charge on any atom is 0.259 e. The molecule has 0 fully saturated rings. The van der Waals surface area contributed by atoms with E-state index in [1.54, 1.807) is 18.2 Å². The van der Waals surface area contributed by atoms with Gasteiger partial charge >= 0.3 is 0 Å². The molecule has 0 unspecified atom stereocenters. The summed E-state index contributed by atoms with van der Waals surface area (Å²) in [7, 11) is -0.441. The van der Waals surface area contributed by atoms with Gasteiger partial charge in [0, 0.05) is 17.8 Å². The number of ether oxygens (including phenoxy) is 1. The molecule has 0 saturated carbocycles. The van der Waals surface area contributed by atoms with Gasteiger partial charge in [-0.05, 0) is 79.4 Å². The summed E-state index contributed by atoms with van der Waals surface area (Å²) in [6.45, 7) is 12.1. The van der Waals surface area contributed by atoms with Crippen LogP contribution in [0.15, 0.2) is 60.7 Å². The second kappa shape index (κ2) is 11.7. The Hall–Kier alpha value is -3.95. The largest absolute Gasteiger partial charge is 0.496 e. The van der Waals surface area contributed by atoms with E-state index in [0.29, 0.717) is 47.1 Å². The lowest BCUT2D eigenvalue weighted by molar-refractivity contribution is 0.0982. The molecule has 0 saturated heterocycles. The molecule has 1 aliphatic rings. The Morgan fingerprint density at radius 2 is 1.83 bits per heavy atom. The van der Waals surface area contributed by atoms with Crippen molar-refractivity contribution < 1.29 is 18.8 Å². The summed E-state index contributed by atoms with van der Waals surface area (Å²) >= 11 is 0. The number of carbonyl (C=O) groups excluding carboxylic acids is 2. The van der Waals surface area contributed by atoms with E-state index in [0.717, 1.165) is 30.5 Å². The summed E-state index contributed by atoms with van der Waals surface area (Å²) in [6.07, 6.45) is 2.92. The first-order valence-electron chi connectivity index (χ1n) is 14.5. The third kappa shape index (κ3) is 5.98. The molecule has 0 aliphatic carbocycles. The molecule has 0 atom stereocenters. The maximum absolute atomic E-state index is 13.6. The molecular weight excluding hydrogens is 544 g/mol. The monoisotopic (exact) mass is 584 g/mol. The minimum absolute atomic E-state index is 0.0922. The van der Waals surface area contributed by atoms with Crippen molar-refractivity contribution in [1.82, 2.24) is 9.97 Å². The Balaban J connectivity index is 1.36. The van der Waals surface area contributed by atoms with Crippen molar-refractivity contribution in [1.29, 1.82) is 0 Å². The number of rotatable bonds is 7. The molecule has 2 heterocycles. The average molecular weight is 585 g/mol. The minimum atomic E-state index is -1.95. The molecule has 5 rings (SSSR count). The van der Waals surface area contributed by atoms with Crippen molar-refractivity contribution in [3.05, 3.63) is 83.2 Å². The molecular formula is C33H40N4O4Si. The van der Waals surface area contributed by atoms with Gasteiger partial charge < -0.3 is 24.4 Å². The van der Waals surface area contributed by atoms with Crippen LogP contribution in [0.1, 0.15) is 65.7 Å². The number of aryl methyl sites for hydroxylation is 1. The van der Waals surface area contributed by atoms with Gasteiger partial charge in [0.2, 0.25) is 0 Å². The summed E-state index contributed by atoms with van der Waals surface area (Å²) in [5.41, 5.74) is 4.98. The third-order valence-electron chi connectivity index (χ3n) is 8.48. The van der Waals surface area contributed by atoms with Crippen LogP contribution in [0.2, 0.25) is 18.1 Å². The minimum Gasteiger partial charge on any atom is -0.496 e. The highest BCUT2D eigenvalue weighted by Crippen LogP contribution is 2.37. The van der Waals surface area contributed by atoms with Crippen molar-refractivity contribution in [2.24, 2.45) is 0 Å². The first kappa shape index (κ1) is 29.5. The Morgan fingerprint density at radius 3 is 2.60 bits per heavy atom. The van der Waals surface area contributed by atoms with Crippen molar-refractivity contribution in [3.8, 4) is 5.75 Å². The van der Waals surface area contributed by atoms with Crippen molar-refractivity contribution in [2.45, 2.75) is 64.8 Å². The predicted molar refractivity (Wildman–Crippen MR) is 170 cm³/mol. The number of hydrogen-bond donors (Lipinski definition) is 2. The topological polar surface area (TPSA) is 96.6 Å². The maximum atomic E-state index is 13.6. The first-order valence-corrected chi connectivity index (χ1v) is 17.4. The Morgan fingerprint density at radius 1 is 1.05 bits per heavy atom. The molecule has 42 heavy (non-hydrogen) atoms. The van der Waals surface area contributed by atoms with E-state index < -0.39 is 8.32 Å². The van der Waals surface area contributed by atoms with Crippen molar-refractivity contribution in [2.75, 3.05) is 23.9 Å². The Labute approximate surface area is 248 Å². The summed E-state index contributed by atoms with van der Waals surface area (Å²) in [5, 5.41) is 3.08. The molecule has 1 aromatic heterocycles. The zero-order valence-electron chi connectivity index (χ0n) is 25.3. The van der Waals surface area contributed by atoms with Crippen LogP contribution in [0.3, 0.4) is 0 Å². The predicted octanol–water partition coefficient (Wildman–Crippen LogP) is 7.33. The van der Waals surface area contributed by atoms with E-state index in [-0.39, 0.29) is 16.9 Å². The van der Waals surface area contributed by atoms with Crippen LogP contribution >= 0.6 is 0 Å². The van der Waals surface area contributed by atoms with E-state index in [1.165, 1.54) is 12.7 Å². The third-order valence-corrected chi connectivity index (χ3v) is 13.0. The van der Waals surface area contributed by atoms with Crippen molar-refractivity contribution in [3.63, 3.8) is 0 Å². The summed E-state index contributed by atoms with van der Waals surface area (Å²) in [6, 6.07) is 18.7. The Bertz CT molecular complexity index is 1620. The van der Waals surface area contributed by atoms with Gasteiger partial charge in [0.15, 0.2) is 8.32 Å². The van der Waals surface area contributed by atoms with Gasteiger partial charge in [-0.15, -0.1) is 0 Å². The molecule has 3 aromatic carbocycles. The number of imidazole rings is 1. The highest BCUT2D eigenvalue weighted by atomic mass is 28.4. The molecule has 4 aromatic rings. The first-order chi connectivity index (χ1) is 20.0. The lowest BCUT2D eigenvalue weighted by Gasteiger charge is -2.35. The van der Waals surface area contributed by atoms with Gasteiger partial charge in [0.1, 0.15) is 17.1 Å². The van der Waals surface area contributed by atoms with E-state index in [4.69, 9.17) is 14.1 Å². The van der Waals surface area contributed by atoms with Crippen molar-refractivity contribution >= 4 is 42.5 Å². The molecule has 1 aliphatic heterocycles. The highest BCUT2D eigenvalue weighted by molar-refractivity contribution is 6.74. The fraction of sp³-hybridized carbons (Fsp3) is 0.364. The van der Waals surface area contributed by atoms with E-state index in [9.17, 15) is 9.59 Å². The molecule has 8 nitrogen and oxygen atoms in total. The number of amides is 2. The van der Waals surface area contributed by atoms with Gasteiger partial charge in [-0.1, -0.05) is 45.0 Å². The normalized spacial score (nSPS) is 13.9. The number of H-pyrrole nitrogens is 1. The molecule has 0 radical (unpaired) electrons. The summed E-state index contributed by atoms with van der Waals surface area (Å²) in [4.78, 5) is 37.0. The second-order valence-electron chi connectivity index (χ2n) is 12.3. The number of carbonyl (C=O) groups is 2. The number of hydrogen-bond acceptors (Lipinski definition) is 5. The lowest BCUT2D eigenvalue weighted by Crippen LogP contribution is -2.40. The van der Waals surface area contributed by atoms with E-state index in [1.807, 2.05) is 41.3 Å². The number of anilines is 2. The zero-order chi connectivity index (χ0) is 30.1. The summed E-state index contributed by atoms with van der Waals surface area (Å²) < 4.78 is 11.9. The number of benzene rings is 3. The van der Waals surface area contributed by atoms with Crippen LogP contribution in [0.4, 0.5) is 11.4 Å². The molecule has 220 valence electrons. The van der Waals surface area contributed by atoms with Gasteiger partial charge in [-0.2, -0.15) is 0 Å². The van der Waals surface area contributed by atoms with Crippen LogP contribution in [0.5, 0.6) is 5.75 Å². The average Bonchev–Trinajstić information content (AvgIpc) is 3.27. The number of para-hydroxylation sites is 2. The van der Waals surface area contributed by atoms with Crippen LogP contribution < -0.4 is 15.0 Å². The molecule has 0 bridgehead atoms. The second-order valence-corrected chi connectivity index (χ2v) is 17.2. The number of fused-ring (bicyclic) bond motifs is 2. The number of aromatic nitrogens is 2. The van der Waals surface area contributed by atoms with E-state index in [2.05, 4.69) is 50.2 Å². The SMILES string of the molecule is COc1cc(C(=O)N2CCCCc3ccccc32)ccc1C(=O)Nc1cccc2[nH]c(CO[Si](C)(C)C(C)(C)C)nc12. The smallest absolute Gasteiger partial charge is 0.259 e. The Kier molecular flexibility index (Phi) is 8.25. The number of aromatic amines is 1. The lowest BCUT2D eigenvalue weighted by atomic mass is 10.1. The fourth-order valence-electron chi connectivity index (χ4n) is 4.98. The quantitative estimate of drug-likeness (QED) is 0.222. The van der Waals surface area contributed by atoms with Crippen LogP contribution in [-0.2, 0) is 17.5 Å². The summed E-state index contributed by atoms with van der Waals surface area (Å²) in [5.74, 6) is 0.593. The molecule has 0 spiro atoms. The van der Waals surface area contributed by atoms with Gasteiger partial charge in [-0.25, -0.2) is 4.98 Å². The van der Waals surface area contributed by atoms with Crippen LogP contribution in [0.25, 0.3) is 11.0 Å². The number of methoxy groups -OCH3 is 1. The highest BCUT2D eigenvalue weighted by Gasteiger charge is 2.37. The van der Waals surface area contributed by atoms with Gasteiger partial charge in [-0.3, -0.25) is 9.59 Å². The van der Waals surface area contributed by atoms with Crippen LogP contribution in [-0.4, -0.2) is 43.8 Å². The molecule has 2 N–H and O–H groups in total. The van der Waals surface area contributed by atoms with E-state index >= 15 is 0 Å². The standard InChI is InChI=1S/C33H40N4O4Si/c1-33(2,3)42(5,6)41-21-29-34-25-14-11-15-26(30(25)36-29)35-31(38)24-18-17-23(20-28(24)40-4)32(39)37-19-10-9-13-22-12-7-8-16-27(22)37/h7-8,11-12,14-18,20H,9-10,13,19,21H2,1-6H3,(H,34,36)(H,35,38). The number of nitrogens with zero attached hydrogens (tertiary/aromatic N) is 2.